The van der Waals surface area contributed by atoms with Crippen LogP contribution in [0.3, 0.4) is 0 Å². The lowest BCUT2D eigenvalue weighted by atomic mass is 9.75. The Kier molecular flexibility index (Phi) is 4.80. The van der Waals surface area contributed by atoms with Crippen LogP contribution in [-0.2, 0) is 5.54 Å². The molecular formula is C28H15ClF2N6O. The average molecular weight is 525 g/mol. The number of fused-ring (bicyclic) bond motifs is 6. The van der Waals surface area contributed by atoms with Gasteiger partial charge in [0.05, 0.1) is 17.5 Å². The molecule has 4 aromatic heterocycles. The number of aliphatic imine (C=N–C) groups is 1. The summed E-state index contributed by atoms with van der Waals surface area (Å²) < 4.78 is 35.7. The van der Waals surface area contributed by atoms with Crippen LogP contribution in [0.1, 0.15) is 22.3 Å². The highest BCUT2D eigenvalue weighted by molar-refractivity contribution is 6.29. The maximum absolute atomic E-state index is 14.8. The van der Waals surface area contributed by atoms with Gasteiger partial charge in [-0.1, -0.05) is 17.7 Å². The molecule has 0 fully saturated rings. The molecule has 1 unspecified atom stereocenters. The third-order valence-electron chi connectivity index (χ3n) is 6.78. The van der Waals surface area contributed by atoms with Crippen LogP contribution in [0.4, 0.5) is 8.78 Å². The molecule has 0 bridgehead atoms. The SMILES string of the molecule is NC1=NC2(c3cc(-c4cccnc4F)ccc3Oc3cnc(-c4ccc(Cl)nc4F)cc32)c2cnccc21. The first kappa shape index (κ1) is 22.4. The fraction of sp³-hybridized carbons (Fsp3) is 0.0357. The highest BCUT2D eigenvalue weighted by Gasteiger charge is 2.49. The number of amidine groups is 1. The van der Waals surface area contributed by atoms with Crippen LogP contribution in [-0.4, -0.2) is 25.8 Å². The quantitative estimate of drug-likeness (QED) is 0.300. The second-order valence-corrected chi connectivity index (χ2v) is 9.21. The van der Waals surface area contributed by atoms with Crippen molar-refractivity contribution in [3.05, 3.63) is 119 Å². The number of nitrogens with zero attached hydrogens (tertiary/aromatic N) is 5. The molecule has 184 valence electrons. The van der Waals surface area contributed by atoms with Gasteiger partial charge in [-0.2, -0.15) is 8.78 Å². The van der Waals surface area contributed by atoms with Gasteiger partial charge in [-0.3, -0.25) is 9.97 Å². The van der Waals surface area contributed by atoms with E-state index in [9.17, 15) is 8.78 Å². The molecular weight excluding hydrogens is 510 g/mol. The molecule has 10 heteroatoms. The van der Waals surface area contributed by atoms with E-state index in [1.54, 1.807) is 48.8 Å². The van der Waals surface area contributed by atoms with Crippen LogP contribution in [0.15, 0.2) is 84.4 Å². The molecule has 2 aliphatic heterocycles. The maximum Gasteiger partial charge on any atom is 0.223 e. The van der Waals surface area contributed by atoms with Crippen molar-refractivity contribution >= 4 is 17.4 Å². The summed E-state index contributed by atoms with van der Waals surface area (Å²) in [4.78, 5) is 21.2. The summed E-state index contributed by atoms with van der Waals surface area (Å²) in [5.41, 5.74) is 9.19. The van der Waals surface area contributed by atoms with Crippen molar-refractivity contribution < 1.29 is 13.5 Å². The summed E-state index contributed by atoms with van der Waals surface area (Å²) in [5, 5.41) is 0.0290. The van der Waals surface area contributed by atoms with E-state index >= 15 is 0 Å². The maximum atomic E-state index is 14.8. The zero-order valence-corrected chi connectivity index (χ0v) is 20.1. The topological polar surface area (TPSA) is 99.2 Å². The number of hydrogen-bond donors (Lipinski definition) is 1. The van der Waals surface area contributed by atoms with Crippen LogP contribution in [0, 0.1) is 11.9 Å². The van der Waals surface area contributed by atoms with E-state index < -0.39 is 17.4 Å². The molecule has 2 aliphatic rings. The molecule has 0 amide bonds. The minimum absolute atomic E-state index is 0.0290. The van der Waals surface area contributed by atoms with Crippen molar-refractivity contribution in [2.45, 2.75) is 5.54 Å². The van der Waals surface area contributed by atoms with E-state index in [1.807, 2.05) is 6.07 Å². The molecule has 0 saturated heterocycles. The second-order valence-electron chi connectivity index (χ2n) is 8.82. The number of nitrogens with two attached hydrogens (primary N) is 1. The van der Waals surface area contributed by atoms with Crippen molar-refractivity contribution in [3.63, 3.8) is 0 Å². The molecule has 38 heavy (non-hydrogen) atoms. The van der Waals surface area contributed by atoms with E-state index in [1.165, 1.54) is 24.5 Å². The lowest BCUT2D eigenvalue weighted by Gasteiger charge is -2.36. The predicted octanol–water partition coefficient (Wildman–Crippen LogP) is 5.65. The Balaban J connectivity index is 1.53. The molecule has 7 rings (SSSR count). The Bertz CT molecular complexity index is 1830. The van der Waals surface area contributed by atoms with Gasteiger partial charge in [-0.15, -0.1) is 0 Å². The van der Waals surface area contributed by atoms with Gasteiger partial charge in [0.15, 0.2) is 5.75 Å². The van der Waals surface area contributed by atoms with Gasteiger partial charge >= 0.3 is 0 Å². The molecule has 1 spiro atoms. The van der Waals surface area contributed by atoms with Crippen molar-refractivity contribution in [3.8, 4) is 33.9 Å². The number of aromatic nitrogens is 4. The van der Waals surface area contributed by atoms with Crippen LogP contribution >= 0.6 is 11.6 Å². The van der Waals surface area contributed by atoms with Gasteiger partial charge in [0, 0.05) is 46.4 Å². The first-order valence-electron chi connectivity index (χ1n) is 11.5. The third-order valence-corrected chi connectivity index (χ3v) is 6.99. The monoisotopic (exact) mass is 524 g/mol. The van der Waals surface area contributed by atoms with Crippen LogP contribution in [0.25, 0.3) is 22.4 Å². The summed E-state index contributed by atoms with van der Waals surface area (Å²) in [6.07, 6.45) is 6.23. The van der Waals surface area contributed by atoms with Crippen molar-refractivity contribution in [2.75, 3.05) is 0 Å². The minimum atomic E-state index is -1.21. The summed E-state index contributed by atoms with van der Waals surface area (Å²) >= 11 is 5.86. The molecule has 6 heterocycles. The van der Waals surface area contributed by atoms with Gasteiger partial charge in [0.2, 0.25) is 11.9 Å². The number of pyridine rings is 4. The molecule has 0 saturated carbocycles. The van der Waals surface area contributed by atoms with E-state index in [-0.39, 0.29) is 10.7 Å². The highest BCUT2D eigenvalue weighted by Crippen LogP contribution is 2.56. The third kappa shape index (κ3) is 3.15. The number of halogens is 3. The van der Waals surface area contributed by atoms with Gasteiger partial charge in [0.25, 0.3) is 0 Å². The molecule has 0 aliphatic carbocycles. The van der Waals surface area contributed by atoms with E-state index in [4.69, 9.17) is 27.1 Å². The Morgan fingerprint density at radius 2 is 1.66 bits per heavy atom. The van der Waals surface area contributed by atoms with Crippen LogP contribution in [0.2, 0.25) is 5.15 Å². The molecule has 5 aromatic rings. The average Bonchev–Trinajstić information content (AvgIpc) is 3.22. The molecule has 0 radical (unpaired) electrons. The zero-order chi connectivity index (χ0) is 26.0. The second kappa shape index (κ2) is 8.12. The normalized spacial score (nSPS) is 16.9. The summed E-state index contributed by atoms with van der Waals surface area (Å²) in [5.74, 6) is -0.156. The van der Waals surface area contributed by atoms with Gasteiger partial charge < -0.3 is 10.5 Å². The number of ether oxygens (including phenoxy) is 1. The standard InChI is InChI=1S/C28H15ClF2N6O/c29-24-6-4-17(26(31)36-24)21-11-19-23(13-35-21)38-22-5-3-14(15-2-1-8-34-25(15)30)10-18(22)28(19)20-12-33-9-7-16(20)27(32)37-28/h1-13H,(H2,32,37). The summed E-state index contributed by atoms with van der Waals surface area (Å²) in [7, 11) is 0. The van der Waals surface area contributed by atoms with Gasteiger partial charge in [-0.25, -0.2) is 15.0 Å². The number of rotatable bonds is 2. The van der Waals surface area contributed by atoms with E-state index in [2.05, 4.69) is 19.9 Å². The summed E-state index contributed by atoms with van der Waals surface area (Å²) in [6.45, 7) is 0. The first-order chi connectivity index (χ1) is 18.5. The fourth-order valence-electron chi connectivity index (χ4n) is 5.11. The largest absolute Gasteiger partial charge is 0.455 e. The van der Waals surface area contributed by atoms with Crippen molar-refractivity contribution in [2.24, 2.45) is 10.7 Å². The van der Waals surface area contributed by atoms with Gasteiger partial charge in [0.1, 0.15) is 22.3 Å². The van der Waals surface area contributed by atoms with Gasteiger partial charge in [-0.05, 0) is 54.1 Å². The highest BCUT2D eigenvalue weighted by atomic mass is 35.5. The molecule has 1 aromatic carbocycles. The molecule has 7 nitrogen and oxygen atoms in total. The Morgan fingerprint density at radius 3 is 2.50 bits per heavy atom. The number of benzene rings is 1. The molecule has 2 N–H and O–H groups in total. The Hall–Kier alpha value is -4.76. The first-order valence-corrected chi connectivity index (χ1v) is 11.9. The fourth-order valence-corrected chi connectivity index (χ4v) is 5.25. The van der Waals surface area contributed by atoms with E-state index in [0.717, 1.165) is 0 Å². The zero-order valence-electron chi connectivity index (χ0n) is 19.4. The summed E-state index contributed by atoms with van der Waals surface area (Å²) in [6, 6.07) is 15.1. The molecule has 1 atom stereocenters. The smallest absolute Gasteiger partial charge is 0.223 e. The van der Waals surface area contributed by atoms with Crippen molar-refractivity contribution in [1.29, 1.82) is 0 Å². The van der Waals surface area contributed by atoms with Crippen molar-refractivity contribution in [1.82, 2.24) is 19.9 Å². The van der Waals surface area contributed by atoms with E-state index in [0.29, 0.717) is 56.4 Å². The predicted molar refractivity (Wildman–Crippen MR) is 137 cm³/mol. The Labute approximate surface area is 219 Å². The minimum Gasteiger partial charge on any atom is -0.455 e. The Morgan fingerprint density at radius 1 is 0.789 bits per heavy atom. The van der Waals surface area contributed by atoms with Crippen LogP contribution < -0.4 is 10.5 Å². The number of hydrogen-bond acceptors (Lipinski definition) is 7. The lowest BCUT2D eigenvalue weighted by Crippen LogP contribution is -2.30. The van der Waals surface area contributed by atoms with Crippen LogP contribution in [0.5, 0.6) is 11.5 Å². The lowest BCUT2D eigenvalue weighted by molar-refractivity contribution is 0.422.